The number of methoxy groups -OCH3 is 1. The van der Waals surface area contributed by atoms with Crippen molar-refractivity contribution in [2.75, 3.05) is 7.11 Å². The van der Waals surface area contributed by atoms with E-state index in [-0.39, 0.29) is 0 Å². The Balaban J connectivity index is 1.73. The van der Waals surface area contributed by atoms with Crippen molar-refractivity contribution in [3.05, 3.63) is 72.0 Å². The average molecular weight is 445 g/mol. The molecule has 3 rings (SSSR count). The lowest BCUT2D eigenvalue weighted by Gasteiger charge is -2.13. The van der Waals surface area contributed by atoms with E-state index < -0.39 is 41.3 Å². The number of rotatable bonds is 7. The van der Waals surface area contributed by atoms with Gasteiger partial charge in [-0.2, -0.15) is 18.4 Å². The van der Waals surface area contributed by atoms with Gasteiger partial charge in [-0.05, 0) is 35.8 Å². The lowest BCUT2D eigenvalue weighted by molar-refractivity contribution is -0.149. The largest absolute Gasteiger partial charge is 0.492 e. The molecule has 0 aromatic heterocycles. The number of benzene rings is 2. The number of allylic oxidation sites excluding steroid dienone is 2. The van der Waals surface area contributed by atoms with Gasteiger partial charge in [0.25, 0.3) is 0 Å². The van der Waals surface area contributed by atoms with Crippen molar-refractivity contribution in [2.24, 2.45) is 17.3 Å². The molecule has 32 heavy (non-hydrogen) atoms. The molecule has 3 atom stereocenters. The first kappa shape index (κ1) is 23.2. The molecule has 3 unspecified atom stereocenters. The van der Waals surface area contributed by atoms with E-state index in [1.54, 1.807) is 50.2 Å². The van der Waals surface area contributed by atoms with Gasteiger partial charge >= 0.3 is 12.1 Å². The van der Waals surface area contributed by atoms with Gasteiger partial charge < -0.3 is 14.2 Å². The Kier molecular flexibility index (Phi) is 6.49. The maximum atomic E-state index is 13.0. The Morgan fingerprint density at radius 2 is 1.78 bits per heavy atom. The predicted molar refractivity (Wildman–Crippen MR) is 109 cm³/mol. The number of hydrogen-bond acceptors (Lipinski definition) is 5. The van der Waals surface area contributed by atoms with Gasteiger partial charge in [-0.1, -0.05) is 44.2 Å². The molecular formula is C24H22F3NO4. The first-order valence-corrected chi connectivity index (χ1v) is 9.84. The highest BCUT2D eigenvalue weighted by Gasteiger charge is 2.62. The van der Waals surface area contributed by atoms with Crippen LogP contribution in [0.3, 0.4) is 0 Å². The second-order valence-corrected chi connectivity index (χ2v) is 7.99. The maximum Gasteiger partial charge on any atom is 0.448 e. The molecule has 1 saturated carbocycles. The summed E-state index contributed by atoms with van der Waals surface area (Å²) in [6, 6.07) is 17.5. The van der Waals surface area contributed by atoms with Crippen LogP contribution in [0.15, 0.2) is 66.4 Å². The first-order chi connectivity index (χ1) is 15.1. The van der Waals surface area contributed by atoms with E-state index in [0.717, 1.165) is 13.2 Å². The van der Waals surface area contributed by atoms with Gasteiger partial charge in [0, 0.05) is 11.5 Å². The van der Waals surface area contributed by atoms with Crippen LogP contribution in [0.1, 0.15) is 25.5 Å². The lowest BCUT2D eigenvalue weighted by Crippen LogP contribution is -2.15. The van der Waals surface area contributed by atoms with Crippen LogP contribution in [0.2, 0.25) is 0 Å². The number of para-hydroxylation sites is 1. The molecule has 0 N–H and O–H groups in total. The van der Waals surface area contributed by atoms with Crippen LogP contribution in [0, 0.1) is 28.6 Å². The summed E-state index contributed by atoms with van der Waals surface area (Å²) in [6.45, 7) is 3.33. The van der Waals surface area contributed by atoms with E-state index in [1.165, 1.54) is 0 Å². The molecule has 2 aromatic carbocycles. The molecule has 2 aromatic rings. The van der Waals surface area contributed by atoms with Crippen LogP contribution in [0.4, 0.5) is 13.2 Å². The molecule has 1 aliphatic carbocycles. The second kappa shape index (κ2) is 8.95. The molecule has 0 aliphatic heterocycles. The van der Waals surface area contributed by atoms with Gasteiger partial charge in [0.1, 0.15) is 17.6 Å². The molecular weight excluding hydrogens is 423 g/mol. The lowest BCUT2D eigenvalue weighted by atomic mass is 10.1. The summed E-state index contributed by atoms with van der Waals surface area (Å²) in [7, 11) is 0.929. The van der Waals surface area contributed by atoms with Gasteiger partial charge in [-0.3, -0.25) is 4.79 Å². The van der Waals surface area contributed by atoms with E-state index in [1.807, 2.05) is 24.3 Å². The predicted octanol–water partition coefficient (Wildman–Crippen LogP) is 5.95. The maximum absolute atomic E-state index is 13.0. The number of carbonyl (C=O) groups excluding carboxylic acids is 1. The van der Waals surface area contributed by atoms with E-state index >= 15 is 0 Å². The molecule has 0 saturated heterocycles. The zero-order valence-corrected chi connectivity index (χ0v) is 17.7. The summed E-state index contributed by atoms with van der Waals surface area (Å²) >= 11 is 0. The van der Waals surface area contributed by atoms with Crippen LogP contribution in [-0.4, -0.2) is 19.3 Å². The number of carbonyl (C=O) groups is 1. The van der Waals surface area contributed by atoms with Gasteiger partial charge in [0.15, 0.2) is 5.76 Å². The molecule has 0 bridgehead atoms. The molecule has 0 heterocycles. The first-order valence-electron chi connectivity index (χ1n) is 9.84. The van der Waals surface area contributed by atoms with Crippen molar-refractivity contribution in [1.82, 2.24) is 0 Å². The van der Waals surface area contributed by atoms with Crippen LogP contribution >= 0.6 is 0 Å². The molecule has 0 spiro atoms. The van der Waals surface area contributed by atoms with E-state index in [0.29, 0.717) is 17.1 Å². The van der Waals surface area contributed by atoms with Crippen molar-refractivity contribution in [3.8, 4) is 17.6 Å². The highest BCUT2D eigenvalue weighted by Crippen LogP contribution is 2.60. The minimum Gasteiger partial charge on any atom is -0.492 e. The summed E-state index contributed by atoms with van der Waals surface area (Å²) in [4.78, 5) is 12.7. The Morgan fingerprint density at radius 3 is 2.38 bits per heavy atom. The zero-order chi connectivity index (χ0) is 23.5. The third-order valence-corrected chi connectivity index (χ3v) is 5.49. The minimum atomic E-state index is -4.66. The quantitative estimate of drug-likeness (QED) is 0.389. The number of ether oxygens (including phenoxy) is 3. The van der Waals surface area contributed by atoms with Crippen molar-refractivity contribution in [2.45, 2.75) is 26.1 Å². The van der Waals surface area contributed by atoms with Crippen molar-refractivity contribution < 1.29 is 32.2 Å². The highest BCUT2D eigenvalue weighted by molar-refractivity contribution is 5.78. The summed E-state index contributed by atoms with van der Waals surface area (Å²) in [6.07, 6.45) is -4.98. The number of alkyl halides is 3. The highest BCUT2D eigenvalue weighted by atomic mass is 19.4. The van der Waals surface area contributed by atoms with E-state index in [9.17, 15) is 23.2 Å². The smallest absolute Gasteiger partial charge is 0.448 e. The molecule has 8 heteroatoms. The van der Waals surface area contributed by atoms with Crippen LogP contribution < -0.4 is 4.74 Å². The molecule has 168 valence electrons. The molecule has 0 radical (unpaired) electrons. The number of halogens is 3. The summed E-state index contributed by atoms with van der Waals surface area (Å²) in [5.41, 5.74) is -0.364. The van der Waals surface area contributed by atoms with Crippen molar-refractivity contribution in [3.63, 3.8) is 0 Å². The summed E-state index contributed by atoms with van der Waals surface area (Å²) < 4.78 is 54.6. The molecule has 5 nitrogen and oxygen atoms in total. The van der Waals surface area contributed by atoms with Crippen LogP contribution in [0.25, 0.3) is 0 Å². The van der Waals surface area contributed by atoms with Crippen molar-refractivity contribution >= 4 is 5.97 Å². The van der Waals surface area contributed by atoms with Gasteiger partial charge in [0.05, 0.1) is 13.0 Å². The third kappa shape index (κ3) is 5.05. The van der Waals surface area contributed by atoms with Gasteiger partial charge in [-0.15, -0.1) is 0 Å². The number of esters is 1. The fourth-order valence-electron chi connectivity index (χ4n) is 3.60. The van der Waals surface area contributed by atoms with Crippen molar-refractivity contribution in [1.29, 1.82) is 5.26 Å². The fraction of sp³-hybridized carbons (Fsp3) is 0.333. The minimum absolute atomic E-state index is 0.396. The van der Waals surface area contributed by atoms with Crippen LogP contribution in [0.5, 0.6) is 11.5 Å². The van der Waals surface area contributed by atoms with Crippen LogP contribution in [-0.2, 0) is 14.3 Å². The Hall–Kier alpha value is -3.47. The van der Waals surface area contributed by atoms with E-state index in [2.05, 4.69) is 4.74 Å². The Labute approximate surface area is 184 Å². The normalized spacial score (nSPS) is 20.6. The summed E-state index contributed by atoms with van der Waals surface area (Å²) in [5, 5.41) is 9.55. The topological polar surface area (TPSA) is 68.5 Å². The van der Waals surface area contributed by atoms with Gasteiger partial charge in [-0.25, -0.2) is 0 Å². The van der Waals surface area contributed by atoms with Gasteiger partial charge in [0.2, 0.25) is 6.10 Å². The zero-order valence-electron chi connectivity index (χ0n) is 17.7. The number of nitrogens with zero attached hydrogens (tertiary/aromatic N) is 1. The summed E-state index contributed by atoms with van der Waals surface area (Å²) in [5.74, 6) is -2.40. The molecule has 0 amide bonds. The third-order valence-electron chi connectivity index (χ3n) is 5.49. The second-order valence-electron chi connectivity index (χ2n) is 7.99. The monoisotopic (exact) mass is 445 g/mol. The SMILES string of the molecule is CO/C(=C\C1C(C(=O)OC(C#N)c2cccc(Oc3ccccc3)c2)C1(C)C)C(F)(F)F. The molecule has 1 aliphatic rings. The Bertz CT molecular complexity index is 1040. The Morgan fingerprint density at radius 1 is 1.12 bits per heavy atom. The average Bonchev–Trinajstić information content (AvgIpc) is 3.30. The standard InChI is InChI=1S/C24H22F3NO4/c1-23(2)18(13-20(30-3)24(25,26)27)21(23)22(29)32-19(14-28)15-8-7-11-17(12-15)31-16-9-5-4-6-10-16/h4-13,18-19,21H,1-3H3/b20-13-. The number of nitriles is 1. The number of hydrogen-bond donors (Lipinski definition) is 0. The fourth-order valence-corrected chi connectivity index (χ4v) is 3.60. The molecule has 1 fully saturated rings. The van der Waals surface area contributed by atoms with E-state index in [4.69, 9.17) is 9.47 Å².